The van der Waals surface area contributed by atoms with Gasteiger partial charge in [-0.15, -0.1) is 0 Å². The van der Waals surface area contributed by atoms with E-state index in [2.05, 4.69) is 53.5 Å². The van der Waals surface area contributed by atoms with Crippen LogP contribution >= 0.6 is 0 Å². The van der Waals surface area contributed by atoms with Gasteiger partial charge in [0.05, 0.1) is 5.69 Å². The van der Waals surface area contributed by atoms with Crippen LogP contribution in [0.15, 0.2) is 42.5 Å². The second-order valence-corrected chi connectivity index (χ2v) is 7.13. The van der Waals surface area contributed by atoms with Gasteiger partial charge in [0.2, 0.25) is 0 Å². The van der Waals surface area contributed by atoms with E-state index in [1.54, 1.807) is 0 Å². The first-order chi connectivity index (χ1) is 12.2. The smallest absolute Gasteiger partial charge is 0.262 e. The third-order valence-corrected chi connectivity index (χ3v) is 5.22. The van der Waals surface area contributed by atoms with Gasteiger partial charge in [0.15, 0.2) is 6.61 Å². The van der Waals surface area contributed by atoms with E-state index in [9.17, 15) is 4.79 Å². The van der Waals surface area contributed by atoms with Crippen molar-refractivity contribution in [1.82, 2.24) is 4.90 Å². The molecule has 0 aliphatic carbocycles. The molecule has 0 unspecified atom stereocenters. The molecule has 4 heteroatoms. The Hall–Kier alpha value is -2.33. The Morgan fingerprint density at radius 1 is 1.12 bits per heavy atom. The first-order valence-electron chi connectivity index (χ1n) is 9.02. The quantitative estimate of drug-likeness (QED) is 0.929. The second kappa shape index (κ2) is 6.89. The van der Waals surface area contributed by atoms with E-state index in [1.807, 2.05) is 6.07 Å². The summed E-state index contributed by atoms with van der Waals surface area (Å²) in [6.07, 6.45) is 2.42. The van der Waals surface area contributed by atoms with Crippen molar-refractivity contribution in [1.29, 1.82) is 0 Å². The van der Waals surface area contributed by atoms with Crippen molar-refractivity contribution in [3.05, 3.63) is 59.2 Å². The maximum atomic E-state index is 11.3. The lowest BCUT2D eigenvalue weighted by Gasteiger charge is -2.32. The van der Waals surface area contributed by atoms with Gasteiger partial charge in [-0.1, -0.05) is 35.9 Å². The number of aryl methyl sites for hydroxylation is 1. The van der Waals surface area contributed by atoms with Gasteiger partial charge >= 0.3 is 0 Å². The number of nitrogens with one attached hydrogen (secondary N) is 1. The van der Waals surface area contributed by atoms with Crippen molar-refractivity contribution in [3.63, 3.8) is 0 Å². The van der Waals surface area contributed by atoms with Gasteiger partial charge in [-0.2, -0.15) is 0 Å². The molecule has 4 nitrogen and oxygen atoms in total. The number of amides is 1. The molecule has 2 aliphatic rings. The summed E-state index contributed by atoms with van der Waals surface area (Å²) in [5.74, 6) is 1.38. The van der Waals surface area contributed by atoms with E-state index in [-0.39, 0.29) is 12.5 Å². The van der Waals surface area contributed by atoms with Crippen LogP contribution in [0.3, 0.4) is 0 Å². The molecule has 130 valence electrons. The summed E-state index contributed by atoms with van der Waals surface area (Å²) >= 11 is 0. The molecule has 1 amide bonds. The highest BCUT2D eigenvalue weighted by molar-refractivity contribution is 5.95. The van der Waals surface area contributed by atoms with E-state index in [4.69, 9.17) is 4.74 Å². The maximum Gasteiger partial charge on any atom is 0.262 e. The van der Waals surface area contributed by atoms with Gasteiger partial charge in [0, 0.05) is 6.54 Å². The summed E-state index contributed by atoms with van der Waals surface area (Å²) in [5, 5.41) is 2.84. The van der Waals surface area contributed by atoms with E-state index in [1.165, 1.54) is 29.5 Å². The monoisotopic (exact) mass is 336 g/mol. The van der Waals surface area contributed by atoms with Gasteiger partial charge in [0.1, 0.15) is 5.75 Å². The molecule has 2 aromatic carbocycles. The number of benzene rings is 2. The topological polar surface area (TPSA) is 41.6 Å². The van der Waals surface area contributed by atoms with E-state index >= 15 is 0 Å². The number of anilines is 1. The number of nitrogens with zero attached hydrogens (tertiary/aromatic N) is 1. The number of rotatable bonds is 3. The number of hydrogen-bond donors (Lipinski definition) is 1. The van der Waals surface area contributed by atoms with Crippen molar-refractivity contribution in [2.75, 3.05) is 25.0 Å². The number of likely N-dealkylation sites (tertiary alicyclic amines) is 1. The summed E-state index contributed by atoms with van der Waals surface area (Å²) in [7, 11) is 0. The van der Waals surface area contributed by atoms with Gasteiger partial charge in [-0.05, 0) is 62.0 Å². The number of piperidine rings is 1. The van der Waals surface area contributed by atoms with Crippen LogP contribution in [-0.4, -0.2) is 30.5 Å². The number of carbonyl (C=O) groups excluding carboxylic acids is 1. The molecule has 0 atom stereocenters. The summed E-state index contributed by atoms with van der Waals surface area (Å²) in [6.45, 7) is 5.42. The van der Waals surface area contributed by atoms with E-state index < -0.39 is 0 Å². The van der Waals surface area contributed by atoms with E-state index in [0.717, 1.165) is 31.1 Å². The fourth-order valence-electron chi connectivity index (χ4n) is 3.74. The summed E-state index contributed by atoms with van der Waals surface area (Å²) in [5.41, 5.74) is 4.82. The molecule has 1 saturated heterocycles. The molecule has 2 aromatic rings. The Bertz CT molecular complexity index is 762. The zero-order valence-corrected chi connectivity index (χ0v) is 14.6. The minimum Gasteiger partial charge on any atom is -0.482 e. The fourth-order valence-corrected chi connectivity index (χ4v) is 3.74. The van der Waals surface area contributed by atoms with Gasteiger partial charge in [0.25, 0.3) is 5.91 Å². The lowest BCUT2D eigenvalue weighted by molar-refractivity contribution is -0.118. The molecule has 2 aliphatic heterocycles. The second-order valence-electron chi connectivity index (χ2n) is 7.13. The molecule has 1 N–H and O–H groups in total. The molecule has 0 spiro atoms. The highest BCUT2D eigenvalue weighted by Gasteiger charge is 2.21. The van der Waals surface area contributed by atoms with Crippen LogP contribution in [0.2, 0.25) is 0 Å². The molecule has 4 rings (SSSR count). The molecule has 0 bridgehead atoms. The fraction of sp³-hybridized carbons (Fsp3) is 0.381. The van der Waals surface area contributed by atoms with Crippen LogP contribution < -0.4 is 10.1 Å². The average molecular weight is 336 g/mol. The van der Waals surface area contributed by atoms with Crippen LogP contribution in [0, 0.1) is 6.92 Å². The summed E-state index contributed by atoms with van der Waals surface area (Å²) in [6, 6.07) is 15.1. The van der Waals surface area contributed by atoms with Crippen molar-refractivity contribution < 1.29 is 9.53 Å². The molecule has 0 aromatic heterocycles. The molecular weight excluding hydrogens is 312 g/mol. The molecule has 0 saturated carbocycles. The summed E-state index contributed by atoms with van der Waals surface area (Å²) in [4.78, 5) is 13.9. The van der Waals surface area contributed by atoms with Crippen molar-refractivity contribution in [2.45, 2.75) is 32.2 Å². The standard InChI is InChI=1S/C21H24N2O2/c1-15-2-5-17(6-3-15)18-8-10-23(11-9-18)13-16-4-7-19-20(12-16)25-14-21(24)22-19/h2-7,12,18H,8-11,13-14H2,1H3,(H,22,24). The van der Waals surface area contributed by atoms with Crippen LogP contribution in [0.4, 0.5) is 5.69 Å². The van der Waals surface area contributed by atoms with Crippen molar-refractivity contribution in [3.8, 4) is 5.75 Å². The predicted molar refractivity (Wildman–Crippen MR) is 99.0 cm³/mol. The number of fused-ring (bicyclic) bond motifs is 1. The van der Waals surface area contributed by atoms with Crippen molar-refractivity contribution in [2.24, 2.45) is 0 Å². The van der Waals surface area contributed by atoms with Gasteiger partial charge in [-0.3, -0.25) is 9.69 Å². The summed E-state index contributed by atoms with van der Waals surface area (Å²) < 4.78 is 5.52. The van der Waals surface area contributed by atoms with Crippen LogP contribution in [0.1, 0.15) is 35.4 Å². The SMILES string of the molecule is Cc1ccc(C2CCN(Cc3ccc4c(c3)OCC(=O)N4)CC2)cc1. The predicted octanol–water partition coefficient (Wildman–Crippen LogP) is 3.71. The first kappa shape index (κ1) is 16.2. The Kier molecular flexibility index (Phi) is 4.45. The average Bonchev–Trinajstić information content (AvgIpc) is 2.63. The molecule has 0 radical (unpaired) electrons. The van der Waals surface area contributed by atoms with E-state index in [0.29, 0.717) is 5.92 Å². The molecule has 25 heavy (non-hydrogen) atoms. The number of ether oxygens (including phenoxy) is 1. The third kappa shape index (κ3) is 3.69. The zero-order chi connectivity index (χ0) is 17.2. The first-order valence-corrected chi connectivity index (χ1v) is 9.02. The maximum absolute atomic E-state index is 11.3. The highest BCUT2D eigenvalue weighted by Crippen LogP contribution is 2.31. The molecule has 1 fully saturated rings. The van der Waals surface area contributed by atoms with Crippen LogP contribution in [0.5, 0.6) is 5.75 Å². The largest absolute Gasteiger partial charge is 0.482 e. The Morgan fingerprint density at radius 3 is 2.64 bits per heavy atom. The number of carbonyl (C=O) groups is 1. The van der Waals surface area contributed by atoms with Gasteiger partial charge in [-0.25, -0.2) is 0 Å². The van der Waals surface area contributed by atoms with Crippen LogP contribution in [0.25, 0.3) is 0 Å². The third-order valence-electron chi connectivity index (χ3n) is 5.22. The Balaban J connectivity index is 1.36. The minimum atomic E-state index is -0.0848. The van der Waals surface area contributed by atoms with Gasteiger partial charge < -0.3 is 10.1 Å². The molecule has 2 heterocycles. The minimum absolute atomic E-state index is 0.0848. The normalized spacial score (nSPS) is 18.4. The van der Waals surface area contributed by atoms with Crippen LogP contribution in [-0.2, 0) is 11.3 Å². The lowest BCUT2D eigenvalue weighted by Crippen LogP contribution is -2.32. The highest BCUT2D eigenvalue weighted by atomic mass is 16.5. The Labute approximate surface area is 148 Å². The molecular formula is C21H24N2O2. The lowest BCUT2D eigenvalue weighted by atomic mass is 9.89. The number of hydrogen-bond acceptors (Lipinski definition) is 3. The zero-order valence-electron chi connectivity index (χ0n) is 14.6. The van der Waals surface area contributed by atoms with Crippen molar-refractivity contribution >= 4 is 11.6 Å². The Morgan fingerprint density at radius 2 is 1.88 bits per heavy atom.